The number of aliphatic hydroxyl groups excluding tert-OH is 3. The van der Waals surface area contributed by atoms with Gasteiger partial charge in [0.1, 0.15) is 5.78 Å². The number of rotatable bonds is 45. The summed E-state index contributed by atoms with van der Waals surface area (Å²) < 4.78 is 0. The molecule has 0 aromatic heterocycles. The van der Waals surface area contributed by atoms with Gasteiger partial charge in [0.15, 0.2) is 0 Å². The van der Waals surface area contributed by atoms with Crippen molar-refractivity contribution in [2.75, 3.05) is 56.9 Å². The van der Waals surface area contributed by atoms with E-state index in [0.717, 1.165) is 179 Å². The Morgan fingerprint density at radius 2 is 0.901 bits per heavy atom. The van der Waals surface area contributed by atoms with Crippen LogP contribution in [0.15, 0.2) is 0 Å². The molecule has 0 spiro atoms. The number of carbonyl (C=O) groups is 4. The van der Waals surface area contributed by atoms with Crippen molar-refractivity contribution in [3.05, 3.63) is 0 Å². The Morgan fingerprint density at radius 3 is 1.37 bits per heavy atom. The predicted octanol–water partition coefficient (Wildman–Crippen LogP) is 9.55. The lowest BCUT2D eigenvalue weighted by atomic mass is 9.67. The molecule has 0 aromatic carbocycles. The van der Waals surface area contributed by atoms with Gasteiger partial charge >= 0.3 is 17.9 Å². The first-order valence-electron chi connectivity index (χ1n) is 32.5. The van der Waals surface area contributed by atoms with Gasteiger partial charge in [-0.3, -0.25) is 49.8 Å². The van der Waals surface area contributed by atoms with Gasteiger partial charge in [0.05, 0.1) is 18.3 Å². The van der Waals surface area contributed by atoms with Crippen LogP contribution in [0, 0.1) is 11.8 Å². The smallest absolute Gasteiger partial charge is 0.303 e. The first-order chi connectivity index (χ1) is 39.0. The SMILES string of the molecule is CCCCCC(O)CCN1CNC2CC(SCCCC(=O)O)CC21CCC(=O)CC(CC(C)C12CC(SCCCC(=O)O)CC1NCN2CCC(O)CCCCC)C12CC(SCCCC(=O)O)CC1NCN2CCC(O)CCCCC. The number of ketones is 1. The molecule has 0 radical (unpaired) electrons. The van der Waals surface area contributed by atoms with Crippen LogP contribution in [0.25, 0.3) is 0 Å². The quantitative estimate of drug-likeness (QED) is 0.0258. The van der Waals surface area contributed by atoms with Crippen molar-refractivity contribution >= 4 is 59.0 Å². The number of carboxylic acids is 3. The van der Waals surface area contributed by atoms with Gasteiger partial charge in [-0.25, -0.2) is 0 Å². The number of hydrogen-bond acceptors (Lipinski definition) is 16. The van der Waals surface area contributed by atoms with E-state index in [1.807, 2.05) is 35.3 Å². The highest BCUT2D eigenvalue weighted by Gasteiger charge is 2.62. The fourth-order valence-electron chi connectivity index (χ4n) is 15.9. The third-order valence-corrected chi connectivity index (χ3v) is 24.3. The first-order valence-corrected chi connectivity index (χ1v) is 35.6. The maximum atomic E-state index is 15.6. The average Bonchev–Trinajstić information content (AvgIpc) is 4.48. The van der Waals surface area contributed by atoms with E-state index in [1.165, 1.54) is 0 Å². The molecule has 468 valence electrons. The lowest BCUT2D eigenvalue weighted by Gasteiger charge is -2.49. The van der Waals surface area contributed by atoms with Gasteiger partial charge in [-0.2, -0.15) is 35.3 Å². The summed E-state index contributed by atoms with van der Waals surface area (Å²) in [4.78, 5) is 58.1. The maximum Gasteiger partial charge on any atom is 0.303 e. The third-order valence-electron chi connectivity index (χ3n) is 20.2. The second kappa shape index (κ2) is 34.9. The second-order valence-corrected chi connectivity index (χ2v) is 30.0. The zero-order valence-corrected chi connectivity index (χ0v) is 53.0. The van der Waals surface area contributed by atoms with E-state index in [0.29, 0.717) is 68.5 Å². The Labute approximate surface area is 501 Å². The number of nitrogens with one attached hydrogen (secondary N) is 3. The van der Waals surface area contributed by atoms with Crippen LogP contribution in [0.1, 0.15) is 227 Å². The van der Waals surface area contributed by atoms with E-state index >= 15 is 4.79 Å². The van der Waals surface area contributed by atoms with E-state index in [1.54, 1.807) is 0 Å². The molecular weight excluding hydrogens is 1080 g/mol. The van der Waals surface area contributed by atoms with Crippen LogP contribution < -0.4 is 16.0 Å². The van der Waals surface area contributed by atoms with Crippen LogP contribution >= 0.6 is 35.3 Å². The molecule has 6 rings (SSSR count). The van der Waals surface area contributed by atoms with Gasteiger partial charge in [-0.15, -0.1) is 0 Å². The number of carbonyl (C=O) groups excluding carboxylic acids is 1. The molecule has 16 nitrogen and oxygen atoms in total. The Hall–Kier alpha value is -1.23. The maximum absolute atomic E-state index is 15.6. The Kier molecular flexibility index (Phi) is 29.7. The molecule has 0 bridgehead atoms. The van der Waals surface area contributed by atoms with Gasteiger partial charge in [0.2, 0.25) is 0 Å². The fraction of sp³-hybridized carbons (Fsp3) is 0.935. The van der Waals surface area contributed by atoms with Crippen LogP contribution in [-0.2, 0) is 19.2 Å². The van der Waals surface area contributed by atoms with Crippen molar-refractivity contribution in [3.63, 3.8) is 0 Å². The second-order valence-electron chi connectivity index (χ2n) is 25.8. The molecule has 6 fully saturated rings. The van der Waals surface area contributed by atoms with Crippen LogP contribution in [0.4, 0.5) is 0 Å². The molecular formula is C62H112N6O10S3. The number of fused-ring (bicyclic) bond motifs is 3. The molecule has 0 aromatic rings. The topological polar surface area (TPSA) is 235 Å². The lowest BCUT2D eigenvalue weighted by Crippen LogP contribution is -2.58. The number of aliphatic carboxylic acids is 3. The molecule has 3 aliphatic carbocycles. The minimum absolute atomic E-state index is 0.0216. The minimum Gasteiger partial charge on any atom is -0.481 e. The highest BCUT2D eigenvalue weighted by molar-refractivity contribution is 8.00. The third kappa shape index (κ3) is 19.6. The standard InChI is InChI=1S/C62H112N6O10S3/c1-5-8-11-17-47(69)24-28-66-42-63-54-36-51(79-31-14-20-57(73)74)39-60(54,66)27-23-50(72)35-46(62-41-53(81-33-16-22-59(77)78)38-56(62)65-44-68(62)30-26-49(71)19-13-10-7-3)34-45(4)61-40-52(80-32-15-21-58(75)76)37-55(61)64-43-67(61)29-25-48(70)18-12-9-6-2/h45-49,51-56,63-65,69-71H,5-44H2,1-4H3,(H,73,74)(H,75,76)(H,77,78). The summed E-state index contributed by atoms with van der Waals surface area (Å²) in [5, 5.41) is 75.4. The molecule has 3 saturated heterocycles. The number of nitrogens with zero attached hydrogens (tertiary/aromatic N) is 3. The van der Waals surface area contributed by atoms with Crippen molar-refractivity contribution in [1.29, 1.82) is 0 Å². The number of thioether (sulfide) groups is 3. The Bertz CT molecular complexity index is 1900. The highest BCUT2D eigenvalue weighted by atomic mass is 32.2. The van der Waals surface area contributed by atoms with Gasteiger partial charge < -0.3 is 30.6 Å². The van der Waals surface area contributed by atoms with Crippen LogP contribution in [0.5, 0.6) is 0 Å². The van der Waals surface area contributed by atoms with Crippen molar-refractivity contribution in [3.8, 4) is 0 Å². The molecule has 9 N–H and O–H groups in total. The zero-order chi connectivity index (χ0) is 58.4. The summed E-state index contributed by atoms with van der Waals surface area (Å²) in [7, 11) is 0. The zero-order valence-electron chi connectivity index (χ0n) is 50.5. The predicted molar refractivity (Wildman–Crippen MR) is 331 cm³/mol. The van der Waals surface area contributed by atoms with E-state index < -0.39 is 24.0 Å². The van der Waals surface area contributed by atoms with E-state index in [4.69, 9.17) is 0 Å². The normalized spacial score (nSPS) is 30.4. The fourth-order valence-corrected chi connectivity index (χ4v) is 20.0. The van der Waals surface area contributed by atoms with Gasteiger partial charge in [-0.1, -0.05) is 85.5 Å². The first kappa shape index (κ1) is 68.9. The van der Waals surface area contributed by atoms with Crippen molar-refractivity contribution in [2.24, 2.45) is 11.8 Å². The molecule has 3 aliphatic heterocycles. The van der Waals surface area contributed by atoms with Crippen LogP contribution in [0.3, 0.4) is 0 Å². The van der Waals surface area contributed by atoms with Crippen molar-refractivity contribution in [1.82, 2.24) is 30.7 Å². The van der Waals surface area contributed by atoms with E-state index in [2.05, 4.69) is 58.3 Å². The molecule has 6 aliphatic rings. The van der Waals surface area contributed by atoms with Gasteiger partial charge in [0, 0.05) is 122 Å². The summed E-state index contributed by atoms with van der Waals surface area (Å²) in [6.07, 6.45) is 23.3. The molecule has 14 atom stereocenters. The Balaban J connectivity index is 1.33. The summed E-state index contributed by atoms with van der Waals surface area (Å²) in [6.45, 7) is 13.4. The molecule has 19 heteroatoms. The van der Waals surface area contributed by atoms with Gasteiger partial charge in [-0.05, 0) is 138 Å². The summed E-state index contributed by atoms with van der Waals surface area (Å²) in [5.41, 5.74) is -0.862. The summed E-state index contributed by atoms with van der Waals surface area (Å²) in [6, 6.07) is 0.532. The monoisotopic (exact) mass is 1200 g/mol. The molecule has 3 heterocycles. The van der Waals surface area contributed by atoms with Gasteiger partial charge in [0.25, 0.3) is 0 Å². The molecule has 81 heavy (non-hydrogen) atoms. The number of hydrogen-bond donors (Lipinski definition) is 9. The van der Waals surface area contributed by atoms with Crippen molar-refractivity contribution in [2.45, 2.75) is 296 Å². The number of carboxylic acid groups (broad SMARTS) is 3. The molecule has 14 unspecified atom stereocenters. The molecule has 3 saturated carbocycles. The number of unbranched alkanes of at least 4 members (excludes halogenated alkanes) is 6. The number of Topliss-reactive ketones (excluding diaryl/α,β-unsaturated/α-hetero) is 1. The summed E-state index contributed by atoms with van der Waals surface area (Å²) >= 11 is 5.69. The highest BCUT2D eigenvalue weighted by Crippen LogP contribution is 2.56. The van der Waals surface area contributed by atoms with Crippen LogP contribution in [0.2, 0.25) is 0 Å². The average molecular weight is 1200 g/mol. The van der Waals surface area contributed by atoms with Crippen molar-refractivity contribution < 1.29 is 49.8 Å². The number of aliphatic hydroxyl groups is 3. The minimum atomic E-state index is -0.773. The van der Waals surface area contributed by atoms with E-state index in [9.17, 15) is 45.0 Å². The summed E-state index contributed by atoms with van der Waals surface area (Å²) in [5.74, 6) is 0.465. The molecule has 0 amide bonds. The lowest BCUT2D eigenvalue weighted by molar-refractivity contribution is -0.138. The van der Waals surface area contributed by atoms with Crippen LogP contribution in [-0.4, -0.2) is 195 Å². The Morgan fingerprint density at radius 1 is 0.506 bits per heavy atom. The largest absolute Gasteiger partial charge is 0.481 e. The van der Waals surface area contributed by atoms with E-state index in [-0.39, 0.29) is 89.1 Å².